The number of nitrogens with one attached hydrogen (secondary N) is 1. The third kappa shape index (κ3) is 5.23. The number of carbonyl (C=O) groups is 2. The van der Waals surface area contributed by atoms with Crippen molar-refractivity contribution in [3.8, 4) is 0 Å². The first-order valence-corrected chi connectivity index (χ1v) is 8.08. The molecule has 2 aromatic rings. The second-order valence-electron chi connectivity index (χ2n) is 6.18. The van der Waals surface area contributed by atoms with Crippen molar-refractivity contribution < 1.29 is 14.7 Å². The summed E-state index contributed by atoms with van der Waals surface area (Å²) in [4.78, 5) is 23.8. The Labute approximate surface area is 142 Å². The van der Waals surface area contributed by atoms with Gasteiger partial charge in [-0.2, -0.15) is 0 Å². The molecule has 0 radical (unpaired) electrons. The Kier molecular flexibility index (Phi) is 6.13. The van der Waals surface area contributed by atoms with Gasteiger partial charge in [0, 0.05) is 12.3 Å². The summed E-state index contributed by atoms with van der Waals surface area (Å²) in [5, 5.41) is 12.1. The summed E-state index contributed by atoms with van der Waals surface area (Å²) >= 11 is 0. The highest BCUT2D eigenvalue weighted by Crippen LogP contribution is 2.10. The maximum absolute atomic E-state index is 12.3. The Morgan fingerprint density at radius 1 is 0.958 bits per heavy atom. The summed E-state index contributed by atoms with van der Waals surface area (Å²) in [5.41, 5.74) is 3.07. The van der Waals surface area contributed by atoms with Crippen LogP contribution in [0.3, 0.4) is 0 Å². The van der Waals surface area contributed by atoms with E-state index in [0.29, 0.717) is 6.42 Å². The van der Waals surface area contributed by atoms with Crippen LogP contribution in [0.1, 0.15) is 23.6 Å². The summed E-state index contributed by atoms with van der Waals surface area (Å²) < 4.78 is 0. The Bertz CT molecular complexity index is 680. The molecule has 4 nitrogen and oxygen atoms in total. The van der Waals surface area contributed by atoms with Gasteiger partial charge in [0.25, 0.3) is 0 Å². The van der Waals surface area contributed by atoms with Gasteiger partial charge in [-0.25, -0.2) is 4.79 Å². The van der Waals surface area contributed by atoms with Crippen molar-refractivity contribution in [2.45, 2.75) is 32.7 Å². The number of carboxylic acid groups (broad SMARTS) is 1. The predicted octanol–water partition coefficient (Wildman–Crippen LogP) is 2.99. The summed E-state index contributed by atoms with van der Waals surface area (Å²) in [6, 6.07) is 16.5. The van der Waals surface area contributed by atoms with E-state index in [-0.39, 0.29) is 18.2 Å². The highest BCUT2D eigenvalue weighted by atomic mass is 16.4. The van der Waals surface area contributed by atoms with E-state index in [1.165, 1.54) is 0 Å². The summed E-state index contributed by atoms with van der Waals surface area (Å²) in [6.45, 7) is 3.79. The van der Waals surface area contributed by atoms with Gasteiger partial charge in [-0.3, -0.25) is 4.79 Å². The van der Waals surface area contributed by atoms with Gasteiger partial charge in [-0.1, -0.05) is 67.1 Å². The normalized spacial score (nSPS) is 13.1. The van der Waals surface area contributed by atoms with E-state index < -0.39 is 12.0 Å². The maximum Gasteiger partial charge on any atom is 0.326 e. The number of carboxylic acids is 1. The number of aryl methyl sites for hydroxylation is 1. The van der Waals surface area contributed by atoms with Gasteiger partial charge >= 0.3 is 5.97 Å². The van der Waals surface area contributed by atoms with Crippen molar-refractivity contribution >= 4 is 11.9 Å². The average molecular weight is 325 g/mol. The lowest BCUT2D eigenvalue weighted by Crippen LogP contribution is -2.44. The fraction of sp³-hybridized carbons (Fsp3) is 0.300. The minimum atomic E-state index is -1.02. The van der Waals surface area contributed by atoms with Crippen molar-refractivity contribution in [1.29, 1.82) is 0 Å². The molecule has 0 aliphatic heterocycles. The van der Waals surface area contributed by atoms with E-state index in [4.69, 9.17) is 0 Å². The van der Waals surface area contributed by atoms with Gasteiger partial charge in [-0.15, -0.1) is 0 Å². The minimum Gasteiger partial charge on any atom is -0.480 e. The lowest BCUT2D eigenvalue weighted by molar-refractivity contribution is -0.142. The molecular weight excluding hydrogens is 302 g/mol. The monoisotopic (exact) mass is 325 g/mol. The van der Waals surface area contributed by atoms with Gasteiger partial charge in [0.2, 0.25) is 5.91 Å². The van der Waals surface area contributed by atoms with E-state index in [9.17, 15) is 14.7 Å². The third-order valence-corrected chi connectivity index (χ3v) is 4.01. The first kappa shape index (κ1) is 17.7. The van der Waals surface area contributed by atoms with Crippen molar-refractivity contribution in [2.75, 3.05) is 0 Å². The van der Waals surface area contributed by atoms with Crippen LogP contribution in [0.15, 0.2) is 54.6 Å². The van der Waals surface area contributed by atoms with Crippen molar-refractivity contribution in [1.82, 2.24) is 5.32 Å². The highest BCUT2D eigenvalue weighted by molar-refractivity contribution is 5.85. The smallest absolute Gasteiger partial charge is 0.326 e. The summed E-state index contributed by atoms with van der Waals surface area (Å²) in [6.07, 6.45) is 0.864. The minimum absolute atomic E-state index is 0.238. The predicted molar refractivity (Wildman–Crippen MR) is 93.8 cm³/mol. The molecule has 0 saturated carbocycles. The molecule has 2 aromatic carbocycles. The molecule has 1 amide bonds. The molecule has 0 fully saturated rings. The standard InChI is InChI=1S/C20H23NO3/c1-14-8-10-17(11-9-14)13-18(20(23)24)21-19(22)15(2)12-16-6-4-3-5-7-16/h3-11,15,18H,12-13H2,1-2H3,(H,21,22)(H,23,24)/t15-,18+/m1/s1. The molecule has 4 heteroatoms. The second kappa shape index (κ2) is 8.29. The SMILES string of the molecule is Cc1ccc(C[C@H](NC(=O)[C@H](C)Cc2ccccc2)C(=O)O)cc1. The van der Waals surface area contributed by atoms with E-state index in [2.05, 4.69) is 5.32 Å². The van der Waals surface area contributed by atoms with Crippen LogP contribution >= 0.6 is 0 Å². The zero-order chi connectivity index (χ0) is 17.5. The quantitative estimate of drug-likeness (QED) is 0.822. The fourth-order valence-corrected chi connectivity index (χ4v) is 2.53. The molecule has 2 N–H and O–H groups in total. The van der Waals surface area contributed by atoms with Crippen molar-refractivity contribution in [3.05, 3.63) is 71.3 Å². The molecule has 0 saturated heterocycles. The number of benzene rings is 2. The zero-order valence-electron chi connectivity index (χ0n) is 14.0. The lowest BCUT2D eigenvalue weighted by atomic mass is 9.99. The van der Waals surface area contributed by atoms with Crippen LogP contribution in [0.4, 0.5) is 0 Å². The number of carbonyl (C=O) groups excluding carboxylic acids is 1. The molecule has 24 heavy (non-hydrogen) atoms. The largest absolute Gasteiger partial charge is 0.480 e. The molecule has 0 heterocycles. The molecule has 0 aliphatic rings. The number of hydrogen-bond donors (Lipinski definition) is 2. The summed E-state index contributed by atoms with van der Waals surface area (Å²) in [5.74, 6) is -1.54. The molecule has 0 aliphatic carbocycles. The van der Waals surface area contributed by atoms with Crippen LogP contribution in [0.2, 0.25) is 0 Å². The van der Waals surface area contributed by atoms with Gasteiger partial charge in [0.05, 0.1) is 0 Å². The van der Waals surface area contributed by atoms with Crippen LogP contribution in [-0.2, 0) is 22.4 Å². The summed E-state index contributed by atoms with van der Waals surface area (Å²) in [7, 11) is 0. The van der Waals surface area contributed by atoms with Crippen LogP contribution in [0.25, 0.3) is 0 Å². The third-order valence-electron chi connectivity index (χ3n) is 4.01. The van der Waals surface area contributed by atoms with Crippen LogP contribution in [0, 0.1) is 12.8 Å². The number of rotatable bonds is 7. The van der Waals surface area contributed by atoms with E-state index in [1.54, 1.807) is 0 Å². The Morgan fingerprint density at radius 3 is 2.12 bits per heavy atom. The lowest BCUT2D eigenvalue weighted by Gasteiger charge is -2.18. The Morgan fingerprint density at radius 2 is 1.54 bits per heavy atom. The molecule has 2 atom stereocenters. The molecule has 0 aromatic heterocycles. The van der Waals surface area contributed by atoms with Gasteiger partial charge < -0.3 is 10.4 Å². The molecule has 0 spiro atoms. The number of amides is 1. The van der Waals surface area contributed by atoms with E-state index in [1.807, 2.05) is 68.4 Å². The molecule has 2 rings (SSSR count). The highest BCUT2D eigenvalue weighted by Gasteiger charge is 2.23. The zero-order valence-corrected chi connectivity index (χ0v) is 14.0. The van der Waals surface area contributed by atoms with Crippen molar-refractivity contribution in [3.63, 3.8) is 0 Å². The van der Waals surface area contributed by atoms with Gasteiger partial charge in [-0.05, 0) is 24.5 Å². The average Bonchev–Trinajstić information content (AvgIpc) is 2.56. The van der Waals surface area contributed by atoms with Crippen molar-refractivity contribution in [2.24, 2.45) is 5.92 Å². The van der Waals surface area contributed by atoms with Crippen LogP contribution < -0.4 is 5.32 Å². The van der Waals surface area contributed by atoms with Crippen LogP contribution in [-0.4, -0.2) is 23.0 Å². The maximum atomic E-state index is 12.3. The number of aliphatic carboxylic acids is 1. The first-order valence-electron chi connectivity index (χ1n) is 8.08. The Balaban J connectivity index is 1.97. The topological polar surface area (TPSA) is 66.4 Å². The Hall–Kier alpha value is -2.62. The van der Waals surface area contributed by atoms with Gasteiger partial charge in [0.15, 0.2) is 0 Å². The number of hydrogen-bond acceptors (Lipinski definition) is 2. The van der Waals surface area contributed by atoms with E-state index in [0.717, 1.165) is 16.7 Å². The molecular formula is C20H23NO3. The molecule has 126 valence electrons. The molecule has 0 bridgehead atoms. The first-order chi connectivity index (χ1) is 11.5. The molecule has 0 unspecified atom stereocenters. The van der Waals surface area contributed by atoms with E-state index >= 15 is 0 Å². The second-order valence-corrected chi connectivity index (χ2v) is 6.18. The van der Waals surface area contributed by atoms with Crippen LogP contribution in [0.5, 0.6) is 0 Å². The van der Waals surface area contributed by atoms with Gasteiger partial charge in [0.1, 0.15) is 6.04 Å². The fourth-order valence-electron chi connectivity index (χ4n) is 2.53.